The molecule has 0 spiro atoms. The van der Waals surface area contributed by atoms with Crippen molar-refractivity contribution in [3.8, 4) is 0 Å². The van der Waals surface area contributed by atoms with E-state index >= 15 is 0 Å². The summed E-state index contributed by atoms with van der Waals surface area (Å²) < 4.78 is 5.01. The Bertz CT molecular complexity index is 605. The maximum absolute atomic E-state index is 4.21. The van der Waals surface area contributed by atoms with Gasteiger partial charge in [-0.2, -0.15) is 0 Å². The summed E-state index contributed by atoms with van der Waals surface area (Å²) >= 11 is 1.39. The average Bonchev–Trinajstić information content (AvgIpc) is 2.80. The van der Waals surface area contributed by atoms with E-state index < -0.39 is 0 Å². The zero-order chi connectivity index (χ0) is 10.8. The van der Waals surface area contributed by atoms with Crippen molar-refractivity contribution < 1.29 is 0 Å². The van der Waals surface area contributed by atoms with E-state index in [0.29, 0.717) is 0 Å². The Morgan fingerprint density at radius 3 is 2.94 bits per heavy atom. The molecular formula is C11H8N4S. The molecule has 0 radical (unpaired) electrons. The highest BCUT2D eigenvalue weighted by atomic mass is 32.1. The lowest BCUT2D eigenvalue weighted by atomic mass is 10.3. The molecule has 0 saturated heterocycles. The number of fused-ring (bicyclic) bond motifs is 1. The van der Waals surface area contributed by atoms with Gasteiger partial charge in [-0.1, -0.05) is 16.6 Å². The van der Waals surface area contributed by atoms with Gasteiger partial charge in [0, 0.05) is 6.20 Å². The van der Waals surface area contributed by atoms with Crippen LogP contribution in [-0.2, 0) is 0 Å². The van der Waals surface area contributed by atoms with Crippen LogP contribution in [0.15, 0.2) is 42.6 Å². The maximum atomic E-state index is 4.21. The zero-order valence-electron chi connectivity index (χ0n) is 8.29. The highest BCUT2D eigenvalue weighted by molar-refractivity contribution is 7.13. The minimum absolute atomic E-state index is 0.808. The molecule has 3 aromatic rings. The third kappa shape index (κ3) is 1.61. The molecule has 16 heavy (non-hydrogen) atoms. The van der Waals surface area contributed by atoms with Gasteiger partial charge in [0.2, 0.25) is 0 Å². The van der Waals surface area contributed by atoms with Crippen LogP contribution in [0.25, 0.3) is 10.2 Å². The van der Waals surface area contributed by atoms with Gasteiger partial charge in [0.25, 0.3) is 0 Å². The first-order valence-electron chi connectivity index (χ1n) is 4.82. The molecule has 4 nitrogen and oxygen atoms in total. The molecule has 1 aromatic carbocycles. The maximum Gasteiger partial charge on any atom is 0.130 e. The topological polar surface area (TPSA) is 50.7 Å². The van der Waals surface area contributed by atoms with Crippen LogP contribution in [0.5, 0.6) is 0 Å². The molecule has 0 unspecified atom stereocenters. The van der Waals surface area contributed by atoms with E-state index in [-0.39, 0.29) is 0 Å². The average molecular weight is 228 g/mol. The molecule has 2 aromatic heterocycles. The number of benzene rings is 1. The van der Waals surface area contributed by atoms with E-state index in [4.69, 9.17) is 0 Å². The van der Waals surface area contributed by atoms with Crippen molar-refractivity contribution in [2.45, 2.75) is 0 Å². The van der Waals surface area contributed by atoms with Crippen LogP contribution in [0.1, 0.15) is 0 Å². The van der Waals surface area contributed by atoms with E-state index in [0.717, 1.165) is 21.7 Å². The summed E-state index contributed by atoms with van der Waals surface area (Å²) in [7, 11) is 0. The van der Waals surface area contributed by atoms with Gasteiger partial charge in [-0.05, 0) is 35.8 Å². The molecule has 3 rings (SSSR count). The number of anilines is 2. The number of nitrogens with one attached hydrogen (secondary N) is 1. The molecule has 1 N–H and O–H groups in total. The minimum atomic E-state index is 0.808. The molecule has 0 fully saturated rings. The van der Waals surface area contributed by atoms with Crippen LogP contribution in [0.2, 0.25) is 0 Å². The van der Waals surface area contributed by atoms with Gasteiger partial charge >= 0.3 is 0 Å². The summed E-state index contributed by atoms with van der Waals surface area (Å²) in [6, 6.07) is 11.7. The van der Waals surface area contributed by atoms with Crippen LogP contribution in [0, 0.1) is 0 Å². The van der Waals surface area contributed by atoms with Gasteiger partial charge in [0.15, 0.2) is 0 Å². The Morgan fingerprint density at radius 1 is 1.06 bits per heavy atom. The molecule has 5 heteroatoms. The van der Waals surface area contributed by atoms with Gasteiger partial charge in [-0.25, -0.2) is 4.98 Å². The number of pyridine rings is 1. The largest absolute Gasteiger partial charge is 0.338 e. The van der Waals surface area contributed by atoms with E-state index in [1.54, 1.807) is 6.20 Å². The lowest BCUT2D eigenvalue weighted by Gasteiger charge is -2.04. The molecule has 0 bridgehead atoms. The van der Waals surface area contributed by atoms with Gasteiger partial charge in [-0.15, -0.1) is 5.10 Å². The Balaban J connectivity index is 2.04. The predicted molar refractivity (Wildman–Crippen MR) is 64.9 cm³/mol. The van der Waals surface area contributed by atoms with Crippen LogP contribution < -0.4 is 5.32 Å². The molecule has 0 atom stereocenters. The van der Waals surface area contributed by atoms with Crippen molar-refractivity contribution in [3.05, 3.63) is 42.6 Å². The van der Waals surface area contributed by atoms with E-state index in [1.165, 1.54) is 11.5 Å². The van der Waals surface area contributed by atoms with Gasteiger partial charge in [0.05, 0.1) is 10.4 Å². The molecule has 0 amide bonds. The first kappa shape index (κ1) is 9.23. The quantitative estimate of drug-likeness (QED) is 0.732. The van der Waals surface area contributed by atoms with Crippen LogP contribution >= 0.6 is 11.5 Å². The van der Waals surface area contributed by atoms with E-state index in [2.05, 4.69) is 19.9 Å². The highest BCUT2D eigenvalue weighted by Gasteiger charge is 2.04. The second-order valence-corrected chi connectivity index (χ2v) is 4.05. The third-order valence-electron chi connectivity index (χ3n) is 2.21. The first-order valence-corrected chi connectivity index (χ1v) is 5.60. The number of nitrogens with zero attached hydrogens (tertiary/aromatic N) is 3. The Morgan fingerprint density at radius 2 is 2.06 bits per heavy atom. The molecule has 0 aliphatic carbocycles. The smallest absolute Gasteiger partial charge is 0.130 e. The van der Waals surface area contributed by atoms with Crippen molar-refractivity contribution >= 4 is 33.3 Å². The molecule has 2 heterocycles. The normalized spacial score (nSPS) is 10.5. The third-order valence-corrected chi connectivity index (χ3v) is 2.90. The fraction of sp³-hybridized carbons (Fsp3) is 0. The standard InChI is InChI=1S/C11H8N4S/c1-2-7-12-10(6-1)13-8-4-3-5-9-11(8)14-15-16-9/h1-7H,(H,12,13). The summed E-state index contributed by atoms with van der Waals surface area (Å²) in [5.41, 5.74) is 1.82. The number of rotatable bonds is 2. The van der Waals surface area contributed by atoms with Crippen LogP contribution in [0.3, 0.4) is 0 Å². The lowest BCUT2D eigenvalue weighted by Crippen LogP contribution is -1.93. The highest BCUT2D eigenvalue weighted by Crippen LogP contribution is 2.25. The minimum Gasteiger partial charge on any atom is -0.338 e. The van der Waals surface area contributed by atoms with Crippen molar-refractivity contribution in [1.29, 1.82) is 0 Å². The summed E-state index contributed by atoms with van der Waals surface area (Å²) in [6.07, 6.45) is 1.75. The van der Waals surface area contributed by atoms with E-state index in [1.807, 2.05) is 36.4 Å². The van der Waals surface area contributed by atoms with Crippen molar-refractivity contribution in [2.75, 3.05) is 5.32 Å². The lowest BCUT2D eigenvalue weighted by molar-refractivity contribution is 1.20. The molecular weight excluding hydrogens is 220 g/mol. The Kier molecular flexibility index (Phi) is 2.23. The predicted octanol–water partition coefficient (Wildman–Crippen LogP) is 2.83. The number of aromatic nitrogens is 3. The summed E-state index contributed by atoms with van der Waals surface area (Å²) in [6.45, 7) is 0. The van der Waals surface area contributed by atoms with E-state index in [9.17, 15) is 0 Å². The zero-order valence-corrected chi connectivity index (χ0v) is 9.11. The second kappa shape index (κ2) is 3.86. The fourth-order valence-electron chi connectivity index (χ4n) is 1.48. The van der Waals surface area contributed by atoms with Crippen LogP contribution in [-0.4, -0.2) is 14.6 Å². The van der Waals surface area contributed by atoms with Crippen molar-refractivity contribution in [1.82, 2.24) is 14.6 Å². The summed E-state index contributed by atoms with van der Waals surface area (Å²) in [4.78, 5) is 4.21. The molecule has 0 saturated carbocycles. The monoisotopic (exact) mass is 228 g/mol. The van der Waals surface area contributed by atoms with Gasteiger partial charge < -0.3 is 5.32 Å². The molecule has 78 valence electrons. The number of hydrogen-bond acceptors (Lipinski definition) is 5. The van der Waals surface area contributed by atoms with Crippen molar-refractivity contribution in [2.24, 2.45) is 0 Å². The van der Waals surface area contributed by atoms with Gasteiger partial charge in [-0.3, -0.25) is 0 Å². The molecule has 0 aliphatic heterocycles. The van der Waals surface area contributed by atoms with Crippen LogP contribution in [0.4, 0.5) is 11.5 Å². The SMILES string of the molecule is c1ccc(Nc2cccc3snnc23)nc1. The summed E-state index contributed by atoms with van der Waals surface area (Å²) in [5, 5.41) is 7.32. The van der Waals surface area contributed by atoms with Gasteiger partial charge in [0.1, 0.15) is 11.3 Å². The molecule has 0 aliphatic rings. The number of hydrogen-bond donors (Lipinski definition) is 1. The van der Waals surface area contributed by atoms with Crippen molar-refractivity contribution in [3.63, 3.8) is 0 Å². The Hall–Kier alpha value is -2.01. The Labute approximate surface area is 96.1 Å². The second-order valence-electron chi connectivity index (χ2n) is 3.27. The summed E-state index contributed by atoms with van der Waals surface area (Å²) in [5.74, 6) is 0.808. The first-order chi connectivity index (χ1) is 7.93. The fourth-order valence-corrected chi connectivity index (χ4v) is 2.07.